The van der Waals surface area contributed by atoms with Gasteiger partial charge in [0.1, 0.15) is 5.75 Å². The predicted molar refractivity (Wildman–Crippen MR) is 124 cm³/mol. The molecule has 0 bridgehead atoms. The summed E-state index contributed by atoms with van der Waals surface area (Å²) in [6.07, 6.45) is 0. The largest absolute Gasteiger partial charge is 0.455 e. The Morgan fingerprint density at radius 3 is 2.36 bits per heavy atom. The lowest BCUT2D eigenvalue weighted by Crippen LogP contribution is -2.24. The van der Waals surface area contributed by atoms with Crippen molar-refractivity contribution in [1.29, 1.82) is 0 Å². The van der Waals surface area contributed by atoms with E-state index in [9.17, 15) is 18.0 Å². The highest BCUT2D eigenvalue weighted by molar-refractivity contribution is 7.89. The van der Waals surface area contributed by atoms with Crippen molar-refractivity contribution in [2.45, 2.75) is 18.7 Å². The molecule has 0 aromatic heterocycles. The van der Waals surface area contributed by atoms with Crippen molar-refractivity contribution < 1.29 is 27.5 Å². The summed E-state index contributed by atoms with van der Waals surface area (Å²) in [5.74, 6) is -0.333. The molecule has 0 saturated heterocycles. The highest BCUT2D eigenvalue weighted by Gasteiger charge is 2.19. The first-order valence-electron chi connectivity index (χ1n) is 10.2. The number of aryl methyl sites for hydroxylation is 1. The molecule has 9 heteroatoms. The average molecular weight is 469 g/mol. The van der Waals surface area contributed by atoms with Crippen molar-refractivity contribution in [3.05, 3.63) is 83.9 Å². The molecular formula is C24H24N2O6S. The van der Waals surface area contributed by atoms with Crippen LogP contribution in [0.25, 0.3) is 0 Å². The third-order valence-corrected chi connectivity index (χ3v) is 6.08. The van der Waals surface area contributed by atoms with E-state index >= 15 is 0 Å². The molecule has 0 fully saturated rings. The average Bonchev–Trinajstić information content (AvgIpc) is 2.79. The third-order valence-electron chi connectivity index (χ3n) is 4.54. The highest BCUT2D eigenvalue weighted by Crippen LogP contribution is 2.29. The van der Waals surface area contributed by atoms with E-state index in [4.69, 9.17) is 9.47 Å². The summed E-state index contributed by atoms with van der Waals surface area (Å²) in [6, 6.07) is 20.1. The molecule has 3 aromatic rings. The number of carbonyl (C=O) groups excluding carboxylic acids is 2. The number of hydrogen-bond donors (Lipinski definition) is 2. The van der Waals surface area contributed by atoms with E-state index in [1.54, 1.807) is 50.2 Å². The van der Waals surface area contributed by atoms with Crippen molar-refractivity contribution in [1.82, 2.24) is 4.72 Å². The minimum absolute atomic E-state index is 0.0571. The number of benzene rings is 3. The smallest absolute Gasteiger partial charge is 0.338 e. The Morgan fingerprint density at radius 2 is 1.64 bits per heavy atom. The minimum Gasteiger partial charge on any atom is -0.455 e. The molecule has 172 valence electrons. The lowest BCUT2D eigenvalue weighted by Gasteiger charge is -2.13. The molecule has 0 aliphatic carbocycles. The summed E-state index contributed by atoms with van der Waals surface area (Å²) < 4.78 is 37.7. The van der Waals surface area contributed by atoms with Crippen LogP contribution in [0.5, 0.6) is 11.5 Å². The molecule has 3 aromatic carbocycles. The second-order valence-electron chi connectivity index (χ2n) is 7.01. The first-order chi connectivity index (χ1) is 15.8. The number of hydrogen-bond acceptors (Lipinski definition) is 6. The zero-order chi connectivity index (χ0) is 23.8. The fourth-order valence-electron chi connectivity index (χ4n) is 2.93. The third kappa shape index (κ3) is 6.41. The summed E-state index contributed by atoms with van der Waals surface area (Å²) in [7, 11) is -3.74. The number of sulfonamides is 1. The number of nitrogens with one attached hydrogen (secondary N) is 2. The Kier molecular flexibility index (Phi) is 7.81. The number of rotatable bonds is 9. The SMILES string of the molecule is CCNS(=O)(=O)c1ccc(C)c(C(=O)OCC(=O)Nc2ccccc2Oc2ccccc2)c1. The van der Waals surface area contributed by atoms with Crippen LogP contribution in [0.15, 0.2) is 77.7 Å². The van der Waals surface area contributed by atoms with Crippen molar-refractivity contribution in [2.24, 2.45) is 0 Å². The quantitative estimate of drug-likeness (QED) is 0.461. The summed E-state index contributed by atoms with van der Waals surface area (Å²) in [5, 5.41) is 2.66. The number of para-hydroxylation sites is 3. The Hall–Kier alpha value is -3.69. The van der Waals surface area contributed by atoms with Crippen LogP contribution in [-0.2, 0) is 19.6 Å². The normalized spacial score (nSPS) is 11.0. The van der Waals surface area contributed by atoms with E-state index in [-0.39, 0.29) is 17.0 Å². The van der Waals surface area contributed by atoms with Crippen LogP contribution in [0.1, 0.15) is 22.8 Å². The molecule has 0 atom stereocenters. The van der Waals surface area contributed by atoms with Crippen molar-refractivity contribution >= 4 is 27.6 Å². The van der Waals surface area contributed by atoms with E-state index in [0.717, 1.165) is 0 Å². The fraction of sp³-hybridized carbons (Fsp3) is 0.167. The Labute approximate surface area is 192 Å². The molecule has 2 N–H and O–H groups in total. The van der Waals surface area contributed by atoms with E-state index in [0.29, 0.717) is 22.7 Å². The Morgan fingerprint density at radius 1 is 0.939 bits per heavy atom. The molecule has 0 heterocycles. The van der Waals surface area contributed by atoms with Gasteiger partial charge in [0.15, 0.2) is 12.4 Å². The second-order valence-corrected chi connectivity index (χ2v) is 8.78. The number of ether oxygens (including phenoxy) is 2. The maximum absolute atomic E-state index is 12.5. The zero-order valence-electron chi connectivity index (χ0n) is 18.2. The summed E-state index contributed by atoms with van der Waals surface area (Å²) >= 11 is 0. The van der Waals surface area contributed by atoms with Gasteiger partial charge in [0.25, 0.3) is 5.91 Å². The molecule has 33 heavy (non-hydrogen) atoms. The summed E-state index contributed by atoms with van der Waals surface area (Å²) in [4.78, 5) is 24.9. The van der Waals surface area contributed by atoms with Crippen LogP contribution in [0, 0.1) is 6.92 Å². The van der Waals surface area contributed by atoms with Crippen LogP contribution in [-0.4, -0.2) is 33.4 Å². The van der Waals surface area contributed by atoms with Gasteiger partial charge in [0.2, 0.25) is 10.0 Å². The van der Waals surface area contributed by atoms with Crippen molar-refractivity contribution in [3.63, 3.8) is 0 Å². The molecule has 1 amide bonds. The summed E-state index contributed by atoms with van der Waals surface area (Å²) in [5.41, 5.74) is 1.00. The van der Waals surface area contributed by atoms with Gasteiger partial charge in [-0.15, -0.1) is 0 Å². The monoisotopic (exact) mass is 468 g/mol. The number of esters is 1. The van der Waals surface area contributed by atoms with Gasteiger partial charge in [-0.25, -0.2) is 17.9 Å². The van der Waals surface area contributed by atoms with Gasteiger partial charge in [-0.3, -0.25) is 4.79 Å². The minimum atomic E-state index is -3.74. The van der Waals surface area contributed by atoms with Crippen molar-refractivity contribution in [2.75, 3.05) is 18.5 Å². The molecule has 0 saturated carbocycles. The van der Waals surface area contributed by atoms with Crippen LogP contribution in [0.2, 0.25) is 0 Å². The maximum atomic E-state index is 12.5. The Balaban J connectivity index is 1.66. The predicted octanol–water partition coefficient (Wildman–Crippen LogP) is 3.88. The molecule has 3 rings (SSSR count). The lowest BCUT2D eigenvalue weighted by molar-refractivity contribution is -0.119. The fourth-order valence-corrected chi connectivity index (χ4v) is 4.00. The zero-order valence-corrected chi connectivity index (χ0v) is 19.0. The number of carbonyl (C=O) groups is 2. The molecule has 0 aliphatic rings. The number of amides is 1. The van der Waals surface area contributed by atoms with Crippen LogP contribution in [0.4, 0.5) is 5.69 Å². The van der Waals surface area contributed by atoms with Crippen LogP contribution >= 0.6 is 0 Å². The molecule has 8 nitrogen and oxygen atoms in total. The van der Waals surface area contributed by atoms with Gasteiger partial charge >= 0.3 is 5.97 Å². The van der Waals surface area contributed by atoms with E-state index in [1.165, 1.54) is 18.2 Å². The van der Waals surface area contributed by atoms with Gasteiger partial charge in [-0.05, 0) is 48.9 Å². The van der Waals surface area contributed by atoms with Gasteiger partial charge in [-0.2, -0.15) is 0 Å². The standard InChI is InChI=1S/C24H24N2O6S/c1-3-25-33(29,30)19-14-13-17(2)20(15-19)24(28)31-16-23(27)26-21-11-7-8-12-22(21)32-18-9-5-4-6-10-18/h4-15,25H,3,16H2,1-2H3,(H,26,27). The Bertz CT molecular complexity index is 1240. The van der Waals surface area contributed by atoms with Gasteiger partial charge in [0.05, 0.1) is 16.1 Å². The van der Waals surface area contributed by atoms with Crippen molar-refractivity contribution in [3.8, 4) is 11.5 Å². The maximum Gasteiger partial charge on any atom is 0.338 e. The van der Waals surface area contributed by atoms with Gasteiger partial charge in [-0.1, -0.05) is 43.3 Å². The van der Waals surface area contributed by atoms with E-state index < -0.39 is 28.5 Å². The summed E-state index contributed by atoms with van der Waals surface area (Å²) in [6.45, 7) is 2.97. The second kappa shape index (κ2) is 10.8. The number of anilines is 1. The van der Waals surface area contributed by atoms with Gasteiger partial charge in [0, 0.05) is 6.54 Å². The lowest BCUT2D eigenvalue weighted by atomic mass is 10.1. The van der Waals surface area contributed by atoms with Crippen LogP contribution < -0.4 is 14.8 Å². The van der Waals surface area contributed by atoms with Crippen LogP contribution in [0.3, 0.4) is 0 Å². The topological polar surface area (TPSA) is 111 Å². The van der Waals surface area contributed by atoms with Gasteiger partial charge < -0.3 is 14.8 Å². The first-order valence-corrected chi connectivity index (χ1v) is 11.7. The van der Waals surface area contributed by atoms with E-state index in [1.807, 2.05) is 18.2 Å². The van der Waals surface area contributed by atoms with E-state index in [2.05, 4.69) is 10.0 Å². The molecule has 0 unspecified atom stereocenters. The molecule has 0 spiro atoms. The first kappa shape index (κ1) is 24.0. The molecule has 0 aliphatic heterocycles. The molecule has 0 radical (unpaired) electrons. The molecular weight excluding hydrogens is 444 g/mol. The highest BCUT2D eigenvalue weighted by atomic mass is 32.2.